The highest BCUT2D eigenvalue weighted by Crippen LogP contribution is 2.15. The highest BCUT2D eigenvalue weighted by Gasteiger charge is 2.04. The maximum Gasteiger partial charge on any atom is 0.251 e. The first-order chi connectivity index (χ1) is 16.6. The van der Waals surface area contributed by atoms with Crippen molar-refractivity contribution in [1.29, 1.82) is 0 Å². The molecule has 0 amide bonds. The van der Waals surface area contributed by atoms with E-state index in [1.807, 2.05) is 6.07 Å². The molecule has 0 atom stereocenters. The summed E-state index contributed by atoms with van der Waals surface area (Å²) in [5.74, 6) is 0. The molecule has 1 N–H and O–H groups in total. The lowest BCUT2D eigenvalue weighted by atomic mass is 10.1. The summed E-state index contributed by atoms with van der Waals surface area (Å²) in [5.41, 5.74) is 7.64. The summed E-state index contributed by atoms with van der Waals surface area (Å²) in [7, 11) is 0. The van der Waals surface area contributed by atoms with Crippen molar-refractivity contribution >= 4 is 47.8 Å². The van der Waals surface area contributed by atoms with Gasteiger partial charge in [-0.3, -0.25) is 14.2 Å². The van der Waals surface area contributed by atoms with Gasteiger partial charge in [0, 0.05) is 17.5 Å². The Morgan fingerprint density at radius 3 is 1.77 bits per heavy atom. The number of H-pyrrole nitrogens is 1. The summed E-state index contributed by atoms with van der Waals surface area (Å²) in [5, 5.41) is 0.957. The minimum absolute atomic E-state index is 0.0133. The Labute approximate surface area is 231 Å². The van der Waals surface area contributed by atoms with Gasteiger partial charge in [-0.05, 0) is 93.9 Å². The number of benzene rings is 2. The summed E-state index contributed by atoms with van der Waals surface area (Å²) in [4.78, 5) is 24.7. The van der Waals surface area contributed by atoms with Gasteiger partial charge >= 0.3 is 0 Å². The van der Waals surface area contributed by atoms with Crippen molar-refractivity contribution in [2.45, 2.75) is 39.6 Å². The average molecular weight is 665 g/mol. The number of aryl methyl sites for hydroxylation is 4. The zero-order valence-electron chi connectivity index (χ0n) is 20.2. The van der Waals surface area contributed by atoms with E-state index in [2.05, 4.69) is 117 Å². The van der Waals surface area contributed by atoms with Gasteiger partial charge in [0.2, 0.25) is 5.56 Å². The fourth-order valence-electron chi connectivity index (χ4n) is 3.26. The van der Waals surface area contributed by atoms with Crippen LogP contribution in [0.1, 0.15) is 33.4 Å². The van der Waals surface area contributed by atoms with Crippen LogP contribution in [0.25, 0.3) is 0 Å². The molecule has 35 heavy (non-hydrogen) atoms. The van der Waals surface area contributed by atoms with Gasteiger partial charge < -0.3 is 4.98 Å². The van der Waals surface area contributed by atoms with Crippen molar-refractivity contribution in [3.05, 3.63) is 136 Å². The highest BCUT2D eigenvalue weighted by molar-refractivity contribution is 9.10. The average Bonchev–Trinajstić information content (AvgIpc) is 2.78. The molecule has 0 radical (unpaired) electrons. The Kier molecular flexibility index (Phi) is 11.9. The van der Waals surface area contributed by atoms with E-state index in [4.69, 9.17) is 0 Å². The third-order valence-electron chi connectivity index (χ3n) is 5.20. The minimum atomic E-state index is -0.0839. The van der Waals surface area contributed by atoms with Gasteiger partial charge in [-0.1, -0.05) is 75.6 Å². The quantitative estimate of drug-likeness (QED) is 0.181. The lowest BCUT2D eigenvalue weighted by molar-refractivity contribution is 0.736. The van der Waals surface area contributed by atoms with Crippen LogP contribution >= 0.6 is 47.8 Å². The zero-order chi connectivity index (χ0) is 26.0. The molecule has 0 unspecified atom stereocenters. The fraction of sp³-hybridized carbons (Fsp3) is 0.214. The van der Waals surface area contributed by atoms with Crippen molar-refractivity contribution in [1.82, 2.24) is 9.55 Å². The monoisotopic (exact) mass is 662 g/mol. The van der Waals surface area contributed by atoms with E-state index in [0.717, 1.165) is 9.93 Å². The maximum absolute atomic E-state index is 11.8. The molecule has 2 heterocycles. The first-order valence-electron chi connectivity index (χ1n) is 11.0. The number of pyridine rings is 2. The van der Waals surface area contributed by atoms with Crippen LogP contribution in [-0.4, -0.2) is 9.55 Å². The molecule has 4 nitrogen and oxygen atoms in total. The molecule has 0 saturated carbocycles. The van der Waals surface area contributed by atoms with Crippen LogP contribution < -0.4 is 11.1 Å². The number of hydrogen-bond acceptors (Lipinski definition) is 2. The van der Waals surface area contributed by atoms with Gasteiger partial charge in [0.05, 0.1) is 15.8 Å². The zero-order valence-corrected chi connectivity index (χ0v) is 25.0. The Bertz CT molecular complexity index is 1380. The fourth-order valence-corrected chi connectivity index (χ4v) is 4.69. The smallest absolute Gasteiger partial charge is 0.251 e. The van der Waals surface area contributed by atoms with Crippen LogP contribution in [0.5, 0.6) is 0 Å². The van der Waals surface area contributed by atoms with Gasteiger partial charge in [-0.15, -0.1) is 0 Å². The first-order valence-corrected chi connectivity index (χ1v) is 13.7. The van der Waals surface area contributed by atoms with E-state index in [1.165, 1.54) is 39.4 Å². The topological polar surface area (TPSA) is 54.9 Å². The second-order valence-corrected chi connectivity index (χ2v) is 10.4. The Hall–Kier alpha value is -2.22. The highest BCUT2D eigenvalue weighted by atomic mass is 79.9. The normalized spacial score (nSPS) is 10.0. The molecule has 0 fully saturated rings. The molecule has 4 rings (SSSR count). The Morgan fingerprint density at radius 2 is 1.31 bits per heavy atom. The SMILES string of the molecule is Cc1ccc(CBr)c(C)c1.Cc1ccc(Cn2c(Br)cccc2=O)c(C)c1.O=c1cccc(Br)[nH]1. The molecule has 4 aromatic rings. The van der Waals surface area contributed by atoms with E-state index < -0.39 is 0 Å². The summed E-state index contributed by atoms with van der Waals surface area (Å²) >= 11 is 9.95. The number of hydrogen-bond donors (Lipinski definition) is 1. The molecule has 2 aromatic carbocycles. The van der Waals surface area contributed by atoms with Crippen LogP contribution in [0.4, 0.5) is 0 Å². The molecular weight excluding hydrogens is 636 g/mol. The summed E-state index contributed by atoms with van der Waals surface area (Å²) in [6, 6.07) is 22.9. The number of rotatable bonds is 3. The standard InChI is InChI=1S/C14H14BrNO.C9H11Br.C5H4BrNO/c1-10-6-7-12(11(2)8-10)9-16-13(15)4-3-5-14(16)17;1-7-3-4-9(6-10)8(2)5-7;6-4-2-1-3-5(8)7-4/h3-8H,9H2,1-2H3;3-5H,6H2,1-2H3;1-3H,(H,7,8). The molecule has 0 saturated heterocycles. The summed E-state index contributed by atoms with van der Waals surface area (Å²) in [6.07, 6.45) is 0. The van der Waals surface area contributed by atoms with Crippen molar-refractivity contribution in [2.24, 2.45) is 0 Å². The largest absolute Gasteiger partial charge is 0.317 e. The molecule has 184 valence electrons. The van der Waals surface area contributed by atoms with Gasteiger partial charge in [0.25, 0.3) is 5.56 Å². The lowest BCUT2D eigenvalue weighted by Crippen LogP contribution is -2.20. The predicted octanol–water partition coefficient (Wildman–Crippen LogP) is 7.61. The summed E-state index contributed by atoms with van der Waals surface area (Å²) < 4.78 is 3.24. The molecule has 0 aliphatic heterocycles. The van der Waals surface area contributed by atoms with Crippen molar-refractivity contribution in [3.8, 4) is 0 Å². The van der Waals surface area contributed by atoms with Crippen LogP contribution in [0.2, 0.25) is 0 Å². The van der Waals surface area contributed by atoms with E-state index in [-0.39, 0.29) is 11.1 Å². The van der Waals surface area contributed by atoms with Crippen LogP contribution in [-0.2, 0) is 11.9 Å². The Morgan fingerprint density at radius 1 is 0.743 bits per heavy atom. The molecular formula is C28H29Br3N2O2. The van der Waals surface area contributed by atoms with Crippen LogP contribution in [0.3, 0.4) is 0 Å². The van der Waals surface area contributed by atoms with E-state index in [0.29, 0.717) is 11.1 Å². The van der Waals surface area contributed by atoms with Gasteiger partial charge in [-0.25, -0.2) is 0 Å². The lowest BCUT2D eigenvalue weighted by Gasteiger charge is -2.11. The number of nitrogens with one attached hydrogen (secondary N) is 1. The third-order valence-corrected chi connectivity index (χ3v) is 6.96. The van der Waals surface area contributed by atoms with Crippen LogP contribution in [0, 0.1) is 27.7 Å². The number of alkyl halides is 1. The maximum atomic E-state index is 11.8. The van der Waals surface area contributed by atoms with E-state index >= 15 is 0 Å². The number of nitrogens with zero attached hydrogens (tertiary/aromatic N) is 1. The van der Waals surface area contributed by atoms with E-state index in [9.17, 15) is 9.59 Å². The van der Waals surface area contributed by atoms with Crippen molar-refractivity contribution in [3.63, 3.8) is 0 Å². The van der Waals surface area contributed by atoms with Crippen molar-refractivity contribution in [2.75, 3.05) is 0 Å². The number of aromatic nitrogens is 2. The predicted molar refractivity (Wildman–Crippen MR) is 157 cm³/mol. The van der Waals surface area contributed by atoms with Crippen molar-refractivity contribution < 1.29 is 0 Å². The molecule has 0 spiro atoms. The van der Waals surface area contributed by atoms with Gasteiger partial charge in [0.15, 0.2) is 0 Å². The van der Waals surface area contributed by atoms with E-state index in [1.54, 1.807) is 28.8 Å². The first kappa shape index (κ1) is 29.0. The molecule has 0 aliphatic rings. The second-order valence-electron chi connectivity index (χ2n) is 8.13. The minimum Gasteiger partial charge on any atom is -0.317 e. The van der Waals surface area contributed by atoms with Gasteiger partial charge in [-0.2, -0.15) is 0 Å². The third kappa shape index (κ3) is 9.74. The number of aromatic amines is 1. The molecule has 0 bridgehead atoms. The second kappa shape index (κ2) is 14.4. The molecule has 2 aromatic heterocycles. The molecule has 0 aliphatic carbocycles. The van der Waals surface area contributed by atoms with Gasteiger partial charge in [0.1, 0.15) is 0 Å². The number of halogens is 3. The summed E-state index contributed by atoms with van der Waals surface area (Å²) in [6.45, 7) is 9.01. The van der Waals surface area contributed by atoms with Crippen LogP contribution in [0.15, 0.2) is 91.6 Å². The molecule has 7 heteroatoms. The Balaban J connectivity index is 0.000000204.